The summed E-state index contributed by atoms with van der Waals surface area (Å²) in [4.78, 5) is 4.38. The molecule has 2 heterocycles. The molecule has 1 fully saturated rings. The summed E-state index contributed by atoms with van der Waals surface area (Å²) in [6.45, 7) is 3.96. The zero-order chi connectivity index (χ0) is 16.0. The number of hydrogen-bond donors (Lipinski definition) is 1. The van der Waals surface area contributed by atoms with Gasteiger partial charge in [0.25, 0.3) is 0 Å². The zero-order valence-electron chi connectivity index (χ0n) is 12.3. The van der Waals surface area contributed by atoms with Crippen LogP contribution in [-0.2, 0) is 15.6 Å². The first-order chi connectivity index (χ1) is 10.3. The predicted molar refractivity (Wildman–Crippen MR) is 88.2 cm³/mol. The maximum Gasteiger partial charge on any atom is 0.235 e. The van der Waals surface area contributed by atoms with Gasteiger partial charge in [0.2, 0.25) is 10.0 Å². The number of rotatable bonds is 5. The van der Waals surface area contributed by atoms with Crippen LogP contribution < -0.4 is 4.72 Å². The van der Waals surface area contributed by atoms with Crippen molar-refractivity contribution in [2.24, 2.45) is 0 Å². The molecule has 2 aromatic heterocycles. The molecule has 22 heavy (non-hydrogen) atoms. The smallest absolute Gasteiger partial charge is 0.235 e. The number of sulfonamides is 1. The molecule has 0 amide bonds. The van der Waals surface area contributed by atoms with E-state index >= 15 is 0 Å². The summed E-state index contributed by atoms with van der Waals surface area (Å²) in [5.74, 6) is 0. The van der Waals surface area contributed by atoms with Gasteiger partial charge in [-0.15, -0.1) is 0 Å². The summed E-state index contributed by atoms with van der Waals surface area (Å²) in [6, 6.07) is 3.42. The summed E-state index contributed by atoms with van der Waals surface area (Å²) < 4.78 is 29.4. The Kier molecular flexibility index (Phi) is 3.76. The topological polar surface area (TPSA) is 76.9 Å². The van der Waals surface area contributed by atoms with Gasteiger partial charge in [0.15, 0.2) is 0 Å². The third-order valence-electron chi connectivity index (χ3n) is 3.73. The summed E-state index contributed by atoms with van der Waals surface area (Å²) in [6.07, 6.45) is 6.66. The van der Waals surface area contributed by atoms with Gasteiger partial charge in [-0.05, 0) is 54.8 Å². The normalized spacial score (nSPS) is 15.8. The Labute approximate surface area is 138 Å². The maximum atomic E-state index is 12.0. The van der Waals surface area contributed by atoms with E-state index in [-0.39, 0.29) is 5.25 Å². The van der Waals surface area contributed by atoms with Crippen molar-refractivity contribution in [3.63, 3.8) is 0 Å². The second kappa shape index (κ2) is 5.34. The van der Waals surface area contributed by atoms with E-state index in [1.807, 2.05) is 20.0 Å². The minimum absolute atomic E-state index is 0.251. The maximum absolute atomic E-state index is 12.0. The van der Waals surface area contributed by atoms with Crippen LogP contribution in [0, 0.1) is 0 Å². The van der Waals surface area contributed by atoms with Gasteiger partial charge in [-0.25, -0.2) is 8.42 Å². The van der Waals surface area contributed by atoms with Crippen molar-refractivity contribution in [3.05, 3.63) is 40.9 Å². The predicted octanol–water partition coefficient (Wildman–Crippen LogP) is 2.73. The highest BCUT2D eigenvalue weighted by molar-refractivity contribution is 9.10. The standard InChI is InChI=1S/C14H17BrN4O2S/c1-14(2,19-9-10(15)8-17-19)13-7-11(5-6-16-13)18-22(20,21)12-3-4-12/h5-9,12H,3-4H2,1-2H3,(H,16,18). The monoisotopic (exact) mass is 384 g/mol. The molecule has 3 rings (SSSR count). The van der Waals surface area contributed by atoms with Crippen LogP contribution in [0.4, 0.5) is 5.69 Å². The highest BCUT2D eigenvalue weighted by atomic mass is 79.9. The number of halogens is 1. The van der Waals surface area contributed by atoms with Crippen LogP contribution in [0.3, 0.4) is 0 Å². The van der Waals surface area contributed by atoms with Crippen molar-refractivity contribution in [3.8, 4) is 0 Å². The third-order valence-corrected chi connectivity index (χ3v) is 6.01. The van der Waals surface area contributed by atoms with Crippen LogP contribution in [-0.4, -0.2) is 28.4 Å². The van der Waals surface area contributed by atoms with Crippen molar-refractivity contribution >= 4 is 31.6 Å². The highest BCUT2D eigenvalue weighted by Crippen LogP contribution is 2.31. The summed E-state index contributed by atoms with van der Waals surface area (Å²) in [5, 5.41) is 4.05. The highest BCUT2D eigenvalue weighted by Gasteiger charge is 2.36. The molecule has 0 unspecified atom stereocenters. The molecule has 0 saturated heterocycles. The van der Waals surface area contributed by atoms with Crippen LogP contribution in [0.25, 0.3) is 0 Å². The van der Waals surface area contributed by atoms with Crippen molar-refractivity contribution in [1.29, 1.82) is 0 Å². The van der Waals surface area contributed by atoms with E-state index in [9.17, 15) is 8.42 Å². The number of nitrogens with zero attached hydrogens (tertiary/aromatic N) is 3. The number of anilines is 1. The molecule has 118 valence electrons. The molecule has 0 atom stereocenters. The number of nitrogens with one attached hydrogen (secondary N) is 1. The first-order valence-electron chi connectivity index (χ1n) is 6.98. The van der Waals surface area contributed by atoms with Crippen LogP contribution in [0.1, 0.15) is 32.4 Å². The molecule has 0 aliphatic heterocycles. The number of hydrogen-bond acceptors (Lipinski definition) is 4. The van der Waals surface area contributed by atoms with Crippen LogP contribution in [0.15, 0.2) is 35.2 Å². The lowest BCUT2D eigenvalue weighted by Crippen LogP contribution is -2.29. The Morgan fingerprint density at radius 1 is 1.41 bits per heavy atom. The van der Waals surface area contributed by atoms with E-state index in [4.69, 9.17) is 0 Å². The molecular weight excluding hydrogens is 368 g/mol. The Morgan fingerprint density at radius 2 is 2.14 bits per heavy atom. The lowest BCUT2D eigenvalue weighted by atomic mass is 10.00. The molecule has 1 aliphatic rings. The fraction of sp³-hybridized carbons (Fsp3) is 0.429. The number of aromatic nitrogens is 3. The Bertz CT molecular complexity index is 797. The fourth-order valence-corrected chi connectivity index (χ4v) is 3.84. The molecular formula is C14H17BrN4O2S. The number of pyridine rings is 1. The molecule has 0 bridgehead atoms. The molecule has 6 nitrogen and oxygen atoms in total. The summed E-state index contributed by atoms with van der Waals surface area (Å²) in [7, 11) is -3.27. The van der Waals surface area contributed by atoms with Crippen molar-refractivity contribution in [1.82, 2.24) is 14.8 Å². The van der Waals surface area contributed by atoms with E-state index in [0.29, 0.717) is 5.69 Å². The van der Waals surface area contributed by atoms with Crippen molar-refractivity contribution < 1.29 is 8.42 Å². The molecule has 2 aromatic rings. The van der Waals surface area contributed by atoms with Crippen LogP contribution in [0.5, 0.6) is 0 Å². The quantitative estimate of drug-likeness (QED) is 0.859. The van der Waals surface area contributed by atoms with Crippen LogP contribution >= 0.6 is 15.9 Å². The van der Waals surface area contributed by atoms with E-state index in [2.05, 4.69) is 30.7 Å². The van der Waals surface area contributed by atoms with E-state index in [1.54, 1.807) is 29.2 Å². The molecule has 1 N–H and O–H groups in total. The van der Waals surface area contributed by atoms with E-state index in [1.165, 1.54) is 0 Å². The van der Waals surface area contributed by atoms with Gasteiger partial charge in [-0.3, -0.25) is 14.4 Å². The second-order valence-corrected chi connectivity index (χ2v) is 8.81. The van der Waals surface area contributed by atoms with Gasteiger partial charge in [-0.2, -0.15) is 5.10 Å². The SMILES string of the molecule is CC(C)(c1cc(NS(=O)(=O)C2CC2)ccn1)n1cc(Br)cn1. The van der Waals surface area contributed by atoms with E-state index < -0.39 is 15.6 Å². The molecule has 8 heteroatoms. The molecule has 0 radical (unpaired) electrons. The van der Waals surface area contributed by atoms with Gasteiger partial charge in [0.1, 0.15) is 0 Å². The first kappa shape index (κ1) is 15.5. The summed E-state index contributed by atoms with van der Waals surface area (Å²) >= 11 is 3.38. The van der Waals surface area contributed by atoms with Crippen molar-refractivity contribution in [2.45, 2.75) is 37.5 Å². The van der Waals surface area contributed by atoms with Gasteiger partial charge in [0.05, 0.1) is 32.8 Å². The minimum atomic E-state index is -3.27. The molecule has 1 aliphatic carbocycles. The minimum Gasteiger partial charge on any atom is -0.283 e. The molecule has 0 spiro atoms. The second-order valence-electron chi connectivity index (χ2n) is 5.94. The Hall–Kier alpha value is -1.41. The Morgan fingerprint density at radius 3 is 2.73 bits per heavy atom. The van der Waals surface area contributed by atoms with Gasteiger partial charge >= 0.3 is 0 Å². The lowest BCUT2D eigenvalue weighted by molar-refractivity contribution is 0.380. The van der Waals surface area contributed by atoms with Crippen LogP contribution in [0.2, 0.25) is 0 Å². The lowest BCUT2D eigenvalue weighted by Gasteiger charge is -2.25. The average molecular weight is 385 g/mol. The van der Waals surface area contributed by atoms with Crippen molar-refractivity contribution in [2.75, 3.05) is 4.72 Å². The first-order valence-corrected chi connectivity index (χ1v) is 9.32. The molecule has 0 aromatic carbocycles. The summed E-state index contributed by atoms with van der Waals surface area (Å²) in [5.41, 5.74) is 0.780. The fourth-order valence-electron chi connectivity index (χ4n) is 2.18. The zero-order valence-corrected chi connectivity index (χ0v) is 14.7. The third kappa shape index (κ3) is 3.03. The van der Waals surface area contributed by atoms with Gasteiger partial charge in [-0.1, -0.05) is 0 Å². The largest absolute Gasteiger partial charge is 0.283 e. The average Bonchev–Trinajstić information content (AvgIpc) is 3.22. The van der Waals surface area contributed by atoms with Gasteiger partial charge < -0.3 is 0 Å². The Balaban J connectivity index is 1.90. The van der Waals surface area contributed by atoms with E-state index in [0.717, 1.165) is 23.0 Å². The van der Waals surface area contributed by atoms with Gasteiger partial charge in [0, 0.05) is 12.4 Å². The molecule has 1 saturated carbocycles.